The van der Waals surface area contributed by atoms with E-state index in [0.29, 0.717) is 18.0 Å². The second kappa shape index (κ2) is 6.75. The minimum absolute atomic E-state index is 0.0500. The van der Waals surface area contributed by atoms with Gasteiger partial charge in [0.25, 0.3) is 5.91 Å². The molecule has 0 radical (unpaired) electrons. The Balaban J connectivity index is 1.49. The van der Waals surface area contributed by atoms with Crippen molar-refractivity contribution in [3.05, 3.63) is 22.4 Å². The average molecular weight is 350 g/mol. The quantitative estimate of drug-likeness (QED) is 0.849. The normalized spacial score (nSPS) is 31.3. The Morgan fingerprint density at radius 3 is 2.92 bits per heavy atom. The van der Waals surface area contributed by atoms with Crippen molar-refractivity contribution < 1.29 is 9.53 Å². The standard InChI is InChI=1S/C18H27N3O2S/c19-10-14-1-2-15(23-14)17(22)21(11-13-3-8-24-12-13)16-9-18(16)4-6-20-7-5-18/h3,8,12,14-16,20H,1-2,4-7,9-11,19H2/t14-,15+,16?/m1/s1. The number of nitrogens with two attached hydrogens (primary N) is 1. The molecule has 0 bridgehead atoms. The molecule has 1 saturated carbocycles. The van der Waals surface area contributed by atoms with Crippen molar-refractivity contribution in [1.82, 2.24) is 10.2 Å². The SMILES string of the molecule is NC[C@H]1CC[C@@H](C(=O)N(Cc2ccsc2)C2CC23CCNCC3)O1. The van der Waals surface area contributed by atoms with Gasteiger partial charge in [0.05, 0.1) is 6.10 Å². The van der Waals surface area contributed by atoms with Crippen LogP contribution in [0.1, 0.15) is 37.7 Å². The number of piperidine rings is 1. The Morgan fingerprint density at radius 1 is 1.42 bits per heavy atom. The summed E-state index contributed by atoms with van der Waals surface area (Å²) in [6.07, 6.45) is 4.98. The molecule has 1 aliphatic carbocycles. The van der Waals surface area contributed by atoms with Crippen LogP contribution < -0.4 is 11.1 Å². The number of carbonyl (C=O) groups excluding carboxylic acids is 1. The lowest BCUT2D eigenvalue weighted by atomic mass is 9.93. The molecule has 2 aliphatic heterocycles. The average Bonchev–Trinajstić information content (AvgIpc) is 3.05. The zero-order chi connectivity index (χ0) is 16.6. The molecule has 1 aromatic heterocycles. The van der Waals surface area contributed by atoms with Crippen molar-refractivity contribution >= 4 is 17.2 Å². The van der Waals surface area contributed by atoms with Gasteiger partial charge in [0.2, 0.25) is 0 Å². The van der Waals surface area contributed by atoms with Gasteiger partial charge in [-0.05, 0) is 73.0 Å². The van der Waals surface area contributed by atoms with Gasteiger partial charge in [0.15, 0.2) is 0 Å². The lowest BCUT2D eigenvalue weighted by Crippen LogP contribution is -2.43. The lowest BCUT2D eigenvalue weighted by molar-refractivity contribution is -0.144. The lowest BCUT2D eigenvalue weighted by Gasteiger charge is -2.31. The van der Waals surface area contributed by atoms with E-state index in [1.54, 1.807) is 11.3 Å². The minimum Gasteiger partial charge on any atom is -0.364 e. The third-order valence-electron chi connectivity index (χ3n) is 5.98. The highest BCUT2D eigenvalue weighted by atomic mass is 32.1. The van der Waals surface area contributed by atoms with Crippen LogP contribution in [0.15, 0.2) is 16.8 Å². The van der Waals surface area contributed by atoms with Gasteiger partial charge < -0.3 is 20.7 Å². The maximum absolute atomic E-state index is 13.2. The number of hydrogen-bond donors (Lipinski definition) is 2. The first-order valence-corrected chi connectivity index (χ1v) is 10.0. The van der Waals surface area contributed by atoms with Gasteiger partial charge in [-0.2, -0.15) is 11.3 Å². The summed E-state index contributed by atoms with van der Waals surface area (Å²) in [6, 6.07) is 2.51. The van der Waals surface area contributed by atoms with Gasteiger partial charge in [-0.3, -0.25) is 4.79 Å². The van der Waals surface area contributed by atoms with E-state index in [-0.39, 0.29) is 18.1 Å². The Labute approximate surface area is 147 Å². The molecule has 3 N–H and O–H groups in total. The van der Waals surface area contributed by atoms with Gasteiger partial charge >= 0.3 is 0 Å². The molecule has 6 heteroatoms. The summed E-state index contributed by atoms with van der Waals surface area (Å²) in [4.78, 5) is 15.3. The number of thiophene rings is 1. The molecule has 3 fully saturated rings. The van der Waals surface area contributed by atoms with Gasteiger partial charge in [-0.25, -0.2) is 0 Å². The predicted octanol–water partition coefficient (Wildman–Crippen LogP) is 1.73. The molecule has 3 aliphatic rings. The fraction of sp³-hybridized carbons (Fsp3) is 0.722. The van der Waals surface area contributed by atoms with Crippen molar-refractivity contribution in [3.8, 4) is 0 Å². The molecule has 1 aromatic rings. The molecule has 0 aromatic carbocycles. The van der Waals surface area contributed by atoms with Crippen molar-refractivity contribution in [2.24, 2.45) is 11.1 Å². The molecule has 1 amide bonds. The van der Waals surface area contributed by atoms with Crippen molar-refractivity contribution in [1.29, 1.82) is 0 Å². The van der Waals surface area contributed by atoms with E-state index in [1.807, 2.05) is 0 Å². The van der Waals surface area contributed by atoms with Crippen LogP contribution in [0.5, 0.6) is 0 Å². The molecule has 1 spiro atoms. The van der Waals surface area contributed by atoms with Crippen molar-refractivity contribution in [2.45, 2.75) is 56.9 Å². The highest BCUT2D eigenvalue weighted by Crippen LogP contribution is 2.56. The minimum atomic E-state index is -0.295. The Bertz CT molecular complexity index is 571. The largest absolute Gasteiger partial charge is 0.364 e. The summed E-state index contributed by atoms with van der Waals surface area (Å²) in [5, 5.41) is 7.68. The molecule has 5 nitrogen and oxygen atoms in total. The summed E-state index contributed by atoms with van der Waals surface area (Å²) < 4.78 is 5.90. The first kappa shape index (κ1) is 16.5. The second-order valence-corrected chi connectivity index (χ2v) is 8.27. The summed E-state index contributed by atoms with van der Waals surface area (Å²) >= 11 is 1.69. The topological polar surface area (TPSA) is 67.6 Å². The molecule has 4 rings (SSSR count). The molecular weight excluding hydrogens is 322 g/mol. The number of rotatable bonds is 5. The van der Waals surface area contributed by atoms with Crippen LogP contribution in [-0.4, -0.2) is 48.7 Å². The van der Waals surface area contributed by atoms with Crippen LogP contribution in [0.25, 0.3) is 0 Å². The van der Waals surface area contributed by atoms with Crippen LogP contribution >= 0.6 is 11.3 Å². The van der Waals surface area contributed by atoms with Crippen molar-refractivity contribution in [3.63, 3.8) is 0 Å². The summed E-state index contributed by atoms with van der Waals surface area (Å²) in [5.41, 5.74) is 7.29. The molecule has 3 atom stereocenters. The van der Waals surface area contributed by atoms with Crippen LogP contribution in [0.2, 0.25) is 0 Å². The van der Waals surface area contributed by atoms with E-state index in [2.05, 4.69) is 27.0 Å². The molecular formula is C18H27N3O2S. The Hall–Kier alpha value is -0.950. The zero-order valence-corrected chi connectivity index (χ0v) is 14.9. The molecule has 132 valence electrons. The van der Waals surface area contributed by atoms with Crippen LogP contribution in [-0.2, 0) is 16.1 Å². The number of carbonyl (C=O) groups is 1. The first-order chi connectivity index (χ1) is 11.7. The van der Waals surface area contributed by atoms with Crippen LogP contribution in [0, 0.1) is 5.41 Å². The molecule has 24 heavy (non-hydrogen) atoms. The highest BCUT2D eigenvalue weighted by molar-refractivity contribution is 7.07. The van der Waals surface area contributed by atoms with Gasteiger partial charge in [-0.15, -0.1) is 0 Å². The number of amides is 1. The molecule has 1 unspecified atom stereocenters. The molecule has 2 saturated heterocycles. The van der Waals surface area contributed by atoms with Crippen LogP contribution in [0.4, 0.5) is 0 Å². The van der Waals surface area contributed by atoms with E-state index in [1.165, 1.54) is 18.4 Å². The predicted molar refractivity (Wildman–Crippen MR) is 94.8 cm³/mol. The van der Waals surface area contributed by atoms with E-state index in [9.17, 15) is 4.79 Å². The first-order valence-electron chi connectivity index (χ1n) is 9.10. The second-order valence-electron chi connectivity index (χ2n) is 7.49. The third kappa shape index (κ3) is 3.12. The Kier molecular flexibility index (Phi) is 4.64. The number of ether oxygens (including phenoxy) is 1. The molecule has 3 heterocycles. The van der Waals surface area contributed by atoms with Gasteiger partial charge in [0.1, 0.15) is 6.10 Å². The third-order valence-corrected chi connectivity index (χ3v) is 6.72. The van der Waals surface area contributed by atoms with Crippen LogP contribution in [0.3, 0.4) is 0 Å². The van der Waals surface area contributed by atoms with Crippen molar-refractivity contribution in [2.75, 3.05) is 19.6 Å². The summed E-state index contributed by atoms with van der Waals surface area (Å²) in [5.74, 6) is 0.178. The number of hydrogen-bond acceptors (Lipinski definition) is 5. The van der Waals surface area contributed by atoms with E-state index >= 15 is 0 Å². The highest BCUT2D eigenvalue weighted by Gasteiger charge is 2.58. The van der Waals surface area contributed by atoms with E-state index in [0.717, 1.165) is 38.9 Å². The monoisotopic (exact) mass is 349 g/mol. The van der Waals surface area contributed by atoms with Gasteiger partial charge in [0, 0.05) is 19.1 Å². The van der Waals surface area contributed by atoms with E-state index < -0.39 is 0 Å². The maximum atomic E-state index is 13.2. The summed E-state index contributed by atoms with van der Waals surface area (Å²) in [6.45, 7) is 3.38. The van der Waals surface area contributed by atoms with Gasteiger partial charge in [-0.1, -0.05) is 0 Å². The number of nitrogens with zero attached hydrogens (tertiary/aromatic N) is 1. The maximum Gasteiger partial charge on any atom is 0.252 e. The number of nitrogens with one attached hydrogen (secondary N) is 1. The zero-order valence-electron chi connectivity index (χ0n) is 14.1. The fourth-order valence-electron chi connectivity index (χ4n) is 4.40. The fourth-order valence-corrected chi connectivity index (χ4v) is 5.06. The summed E-state index contributed by atoms with van der Waals surface area (Å²) in [7, 11) is 0. The Morgan fingerprint density at radius 2 is 2.25 bits per heavy atom. The smallest absolute Gasteiger partial charge is 0.252 e. The van der Waals surface area contributed by atoms with E-state index in [4.69, 9.17) is 10.5 Å².